The molecule has 0 heterocycles. The maximum Gasteiger partial charge on any atom is 0.0474 e. The third kappa shape index (κ3) is 4.29. The summed E-state index contributed by atoms with van der Waals surface area (Å²) >= 11 is 5.83. The highest BCUT2D eigenvalue weighted by atomic mass is 35.5. The van der Waals surface area contributed by atoms with Crippen LogP contribution in [0.5, 0.6) is 0 Å². The lowest BCUT2D eigenvalue weighted by molar-refractivity contribution is 0.140. The van der Waals surface area contributed by atoms with Gasteiger partial charge < -0.3 is 4.74 Å². The van der Waals surface area contributed by atoms with Gasteiger partial charge in [0.25, 0.3) is 0 Å². The second-order valence-corrected chi connectivity index (χ2v) is 3.98. The predicted molar refractivity (Wildman–Crippen MR) is 53.9 cm³/mol. The molecule has 0 aromatic heterocycles. The van der Waals surface area contributed by atoms with Crippen molar-refractivity contribution in [3.63, 3.8) is 0 Å². The molecular formula is C9H20ClNO. The van der Waals surface area contributed by atoms with Crippen molar-refractivity contribution < 1.29 is 4.74 Å². The summed E-state index contributed by atoms with van der Waals surface area (Å²) in [7, 11) is 3.82. The zero-order valence-corrected chi connectivity index (χ0v) is 9.32. The standard InChI is InChI=1S/C9H20ClNO/c1-9(2,8-10)11(3)6-5-7-12-4/h5-8H2,1-4H3. The van der Waals surface area contributed by atoms with E-state index in [1.807, 2.05) is 0 Å². The summed E-state index contributed by atoms with van der Waals surface area (Å²) in [4.78, 5) is 2.26. The Morgan fingerprint density at radius 3 is 2.42 bits per heavy atom. The van der Waals surface area contributed by atoms with E-state index >= 15 is 0 Å². The Morgan fingerprint density at radius 1 is 1.42 bits per heavy atom. The molecule has 0 aliphatic heterocycles. The van der Waals surface area contributed by atoms with Gasteiger partial charge in [-0.1, -0.05) is 0 Å². The summed E-state index contributed by atoms with van der Waals surface area (Å²) in [6, 6.07) is 0. The highest BCUT2D eigenvalue weighted by Crippen LogP contribution is 2.13. The summed E-state index contributed by atoms with van der Waals surface area (Å²) in [5.41, 5.74) is 0.0926. The zero-order valence-electron chi connectivity index (χ0n) is 8.56. The molecule has 0 aliphatic carbocycles. The maximum absolute atomic E-state index is 5.83. The quantitative estimate of drug-likeness (QED) is 0.473. The Labute approximate surface area is 80.8 Å². The number of nitrogens with zero attached hydrogens (tertiary/aromatic N) is 1. The molecule has 0 aromatic rings. The maximum atomic E-state index is 5.83. The second kappa shape index (κ2) is 5.79. The first-order valence-electron chi connectivity index (χ1n) is 4.30. The molecule has 0 aromatic carbocycles. The van der Waals surface area contributed by atoms with E-state index in [4.69, 9.17) is 16.3 Å². The van der Waals surface area contributed by atoms with Crippen molar-refractivity contribution in [2.75, 3.05) is 33.2 Å². The lowest BCUT2D eigenvalue weighted by atomic mass is 10.1. The number of alkyl halides is 1. The fraction of sp³-hybridized carbons (Fsp3) is 1.00. The molecule has 0 atom stereocenters. The molecule has 0 spiro atoms. The molecule has 0 amide bonds. The Balaban J connectivity index is 3.63. The molecule has 0 saturated carbocycles. The Hall–Kier alpha value is 0.210. The van der Waals surface area contributed by atoms with Crippen molar-refractivity contribution in [2.24, 2.45) is 0 Å². The lowest BCUT2D eigenvalue weighted by Gasteiger charge is -2.33. The van der Waals surface area contributed by atoms with Gasteiger partial charge >= 0.3 is 0 Å². The predicted octanol–water partition coefficient (Wildman–Crippen LogP) is 1.97. The van der Waals surface area contributed by atoms with Gasteiger partial charge in [0.2, 0.25) is 0 Å². The first kappa shape index (κ1) is 12.2. The van der Waals surface area contributed by atoms with Crippen LogP contribution in [0.4, 0.5) is 0 Å². The number of methoxy groups -OCH3 is 1. The minimum absolute atomic E-state index is 0.0926. The molecule has 0 bridgehead atoms. The highest BCUT2D eigenvalue weighted by molar-refractivity contribution is 6.18. The van der Waals surface area contributed by atoms with Crippen LogP contribution >= 0.6 is 11.6 Å². The van der Waals surface area contributed by atoms with Crippen LogP contribution in [0.1, 0.15) is 20.3 Å². The van der Waals surface area contributed by atoms with E-state index in [0.29, 0.717) is 5.88 Å². The van der Waals surface area contributed by atoms with Gasteiger partial charge in [-0.25, -0.2) is 0 Å². The minimum atomic E-state index is 0.0926. The Bertz CT molecular complexity index is 117. The second-order valence-electron chi connectivity index (χ2n) is 3.71. The number of halogens is 1. The van der Waals surface area contributed by atoms with E-state index < -0.39 is 0 Å². The van der Waals surface area contributed by atoms with Crippen molar-refractivity contribution in [2.45, 2.75) is 25.8 Å². The first-order valence-corrected chi connectivity index (χ1v) is 4.84. The molecule has 12 heavy (non-hydrogen) atoms. The molecule has 2 nitrogen and oxygen atoms in total. The molecule has 0 saturated heterocycles. The topological polar surface area (TPSA) is 12.5 Å². The van der Waals surface area contributed by atoms with E-state index in [0.717, 1.165) is 19.6 Å². The summed E-state index contributed by atoms with van der Waals surface area (Å²) in [6.45, 7) is 6.15. The van der Waals surface area contributed by atoms with Crippen molar-refractivity contribution in [3.8, 4) is 0 Å². The summed E-state index contributed by atoms with van der Waals surface area (Å²) in [6.07, 6.45) is 1.06. The molecule has 0 fully saturated rings. The largest absolute Gasteiger partial charge is 0.385 e. The Morgan fingerprint density at radius 2 is 2.00 bits per heavy atom. The van der Waals surface area contributed by atoms with Crippen molar-refractivity contribution in [1.82, 2.24) is 4.90 Å². The molecule has 74 valence electrons. The van der Waals surface area contributed by atoms with Crippen molar-refractivity contribution in [1.29, 1.82) is 0 Å². The first-order chi connectivity index (χ1) is 5.54. The molecular weight excluding hydrogens is 174 g/mol. The fourth-order valence-corrected chi connectivity index (χ4v) is 1.05. The van der Waals surface area contributed by atoms with E-state index in [-0.39, 0.29) is 5.54 Å². The smallest absolute Gasteiger partial charge is 0.0474 e. The number of rotatable bonds is 6. The van der Waals surface area contributed by atoms with E-state index in [1.165, 1.54) is 0 Å². The molecule has 3 heteroatoms. The third-order valence-electron chi connectivity index (χ3n) is 2.20. The third-order valence-corrected chi connectivity index (χ3v) is 2.86. The van der Waals surface area contributed by atoms with Crippen LogP contribution < -0.4 is 0 Å². The summed E-state index contributed by atoms with van der Waals surface area (Å²) in [5.74, 6) is 0.663. The molecule has 0 N–H and O–H groups in total. The minimum Gasteiger partial charge on any atom is -0.385 e. The van der Waals surface area contributed by atoms with E-state index in [9.17, 15) is 0 Å². The molecule has 0 radical (unpaired) electrons. The average molecular weight is 194 g/mol. The van der Waals surface area contributed by atoms with Crippen LogP contribution in [0.2, 0.25) is 0 Å². The van der Waals surface area contributed by atoms with Gasteiger partial charge in [0.1, 0.15) is 0 Å². The van der Waals surface area contributed by atoms with Gasteiger partial charge in [-0.2, -0.15) is 0 Å². The van der Waals surface area contributed by atoms with Crippen LogP contribution in [0, 0.1) is 0 Å². The molecule has 0 rings (SSSR count). The average Bonchev–Trinajstić information content (AvgIpc) is 2.05. The van der Waals surface area contributed by atoms with Crippen LogP contribution in [-0.2, 0) is 4.74 Å². The summed E-state index contributed by atoms with van der Waals surface area (Å²) < 4.78 is 4.98. The van der Waals surface area contributed by atoms with Crippen molar-refractivity contribution >= 4 is 11.6 Å². The monoisotopic (exact) mass is 193 g/mol. The zero-order chi connectivity index (χ0) is 9.61. The normalized spacial score (nSPS) is 12.5. The van der Waals surface area contributed by atoms with Gasteiger partial charge in [0, 0.05) is 31.7 Å². The van der Waals surface area contributed by atoms with Gasteiger partial charge in [-0.3, -0.25) is 4.90 Å². The lowest BCUT2D eigenvalue weighted by Crippen LogP contribution is -2.43. The van der Waals surface area contributed by atoms with E-state index in [1.54, 1.807) is 7.11 Å². The SMILES string of the molecule is COCCCN(C)C(C)(C)CCl. The van der Waals surface area contributed by atoms with Crippen LogP contribution in [-0.4, -0.2) is 43.6 Å². The molecule has 0 aliphatic rings. The van der Waals surface area contributed by atoms with Gasteiger partial charge in [-0.15, -0.1) is 11.6 Å². The van der Waals surface area contributed by atoms with Crippen LogP contribution in [0.15, 0.2) is 0 Å². The number of ether oxygens (including phenoxy) is 1. The Kier molecular flexibility index (Phi) is 5.89. The molecule has 0 unspecified atom stereocenters. The van der Waals surface area contributed by atoms with Gasteiger partial charge in [0.15, 0.2) is 0 Å². The van der Waals surface area contributed by atoms with Crippen LogP contribution in [0.3, 0.4) is 0 Å². The fourth-order valence-electron chi connectivity index (χ4n) is 0.851. The van der Waals surface area contributed by atoms with Crippen LogP contribution in [0.25, 0.3) is 0 Å². The number of hydrogen-bond acceptors (Lipinski definition) is 2. The van der Waals surface area contributed by atoms with Gasteiger partial charge in [0.05, 0.1) is 0 Å². The van der Waals surface area contributed by atoms with Crippen molar-refractivity contribution in [3.05, 3.63) is 0 Å². The highest BCUT2D eigenvalue weighted by Gasteiger charge is 2.21. The number of hydrogen-bond donors (Lipinski definition) is 0. The van der Waals surface area contributed by atoms with E-state index in [2.05, 4.69) is 25.8 Å². The van der Waals surface area contributed by atoms with Gasteiger partial charge in [-0.05, 0) is 27.3 Å². The summed E-state index contributed by atoms with van der Waals surface area (Å²) in [5, 5.41) is 0.